The summed E-state index contributed by atoms with van der Waals surface area (Å²) >= 11 is 0. The van der Waals surface area contributed by atoms with Gasteiger partial charge < -0.3 is 9.47 Å². The molecule has 0 saturated carbocycles. The Morgan fingerprint density at radius 1 is 0.923 bits per heavy atom. The lowest BCUT2D eigenvalue weighted by atomic mass is 10.2. The summed E-state index contributed by atoms with van der Waals surface area (Å²) in [6.45, 7) is 2.12. The molecule has 0 aliphatic rings. The molecule has 4 rings (SSSR count). The van der Waals surface area contributed by atoms with E-state index >= 15 is 0 Å². The first-order chi connectivity index (χ1) is 12.8. The maximum absolute atomic E-state index is 5.88. The lowest BCUT2D eigenvalue weighted by Crippen LogP contribution is -1.99. The van der Waals surface area contributed by atoms with E-state index in [0.717, 1.165) is 17.7 Å². The first-order valence-electron chi connectivity index (χ1n) is 8.41. The van der Waals surface area contributed by atoms with E-state index in [1.165, 1.54) is 5.56 Å². The van der Waals surface area contributed by atoms with Crippen LogP contribution in [-0.4, -0.2) is 26.9 Å². The number of benzene rings is 2. The van der Waals surface area contributed by atoms with Gasteiger partial charge in [0.2, 0.25) is 5.88 Å². The topological polar surface area (TPSA) is 61.5 Å². The molecule has 0 fully saturated rings. The molecule has 6 nitrogen and oxygen atoms in total. The third kappa shape index (κ3) is 2.97. The molecule has 0 atom stereocenters. The Balaban J connectivity index is 1.72. The summed E-state index contributed by atoms with van der Waals surface area (Å²) in [4.78, 5) is 0. The molecule has 0 N–H and O–H groups in total. The highest BCUT2D eigenvalue weighted by Crippen LogP contribution is 2.29. The van der Waals surface area contributed by atoms with Gasteiger partial charge in [0.1, 0.15) is 11.5 Å². The SMILES string of the molecule is CCc1ccc(Oc2ccc3nnc(-c4ccccc4OC)n3n2)cc1. The van der Waals surface area contributed by atoms with Gasteiger partial charge in [-0.3, -0.25) is 0 Å². The second-order valence-electron chi connectivity index (χ2n) is 5.77. The fourth-order valence-corrected chi connectivity index (χ4v) is 2.74. The molecular weight excluding hydrogens is 328 g/mol. The Morgan fingerprint density at radius 2 is 1.73 bits per heavy atom. The molecule has 0 unspecified atom stereocenters. The van der Waals surface area contributed by atoms with Crippen LogP contribution < -0.4 is 9.47 Å². The predicted molar refractivity (Wildman–Crippen MR) is 98.7 cm³/mol. The van der Waals surface area contributed by atoms with Gasteiger partial charge in [-0.15, -0.1) is 15.3 Å². The summed E-state index contributed by atoms with van der Waals surface area (Å²) < 4.78 is 13.0. The number of para-hydroxylation sites is 1. The summed E-state index contributed by atoms with van der Waals surface area (Å²) in [6, 6.07) is 19.2. The van der Waals surface area contributed by atoms with Gasteiger partial charge in [-0.05, 0) is 42.3 Å². The number of ether oxygens (including phenoxy) is 2. The third-order valence-corrected chi connectivity index (χ3v) is 4.14. The minimum absolute atomic E-state index is 0.470. The molecule has 26 heavy (non-hydrogen) atoms. The van der Waals surface area contributed by atoms with Crippen molar-refractivity contribution in [3.63, 3.8) is 0 Å². The predicted octanol–water partition coefficient (Wildman–Crippen LogP) is 4.15. The summed E-state index contributed by atoms with van der Waals surface area (Å²) in [5, 5.41) is 13.0. The summed E-state index contributed by atoms with van der Waals surface area (Å²) in [7, 11) is 1.63. The van der Waals surface area contributed by atoms with Crippen molar-refractivity contribution in [1.82, 2.24) is 19.8 Å². The molecule has 0 amide bonds. The number of hydrogen-bond acceptors (Lipinski definition) is 5. The van der Waals surface area contributed by atoms with Crippen LogP contribution in [-0.2, 0) is 6.42 Å². The highest BCUT2D eigenvalue weighted by molar-refractivity contribution is 5.66. The van der Waals surface area contributed by atoms with Crippen molar-refractivity contribution in [2.24, 2.45) is 0 Å². The van der Waals surface area contributed by atoms with Crippen molar-refractivity contribution in [1.29, 1.82) is 0 Å². The summed E-state index contributed by atoms with van der Waals surface area (Å²) in [6.07, 6.45) is 0.994. The Morgan fingerprint density at radius 3 is 2.50 bits per heavy atom. The van der Waals surface area contributed by atoms with Gasteiger partial charge >= 0.3 is 0 Å². The maximum atomic E-state index is 5.88. The molecule has 2 heterocycles. The van der Waals surface area contributed by atoms with Crippen LogP contribution in [0.25, 0.3) is 17.0 Å². The Labute approximate surface area is 151 Å². The maximum Gasteiger partial charge on any atom is 0.237 e. The number of aromatic nitrogens is 4. The van der Waals surface area contributed by atoms with E-state index < -0.39 is 0 Å². The van der Waals surface area contributed by atoms with Gasteiger partial charge in [0, 0.05) is 6.07 Å². The number of hydrogen-bond donors (Lipinski definition) is 0. The van der Waals surface area contributed by atoms with E-state index in [4.69, 9.17) is 9.47 Å². The van der Waals surface area contributed by atoms with E-state index in [-0.39, 0.29) is 0 Å². The highest BCUT2D eigenvalue weighted by atomic mass is 16.5. The van der Waals surface area contributed by atoms with Gasteiger partial charge in [-0.2, -0.15) is 4.52 Å². The van der Waals surface area contributed by atoms with Crippen molar-refractivity contribution in [3.8, 4) is 28.8 Å². The van der Waals surface area contributed by atoms with Crippen LogP contribution in [0.15, 0.2) is 60.7 Å². The zero-order valence-corrected chi connectivity index (χ0v) is 14.6. The number of methoxy groups -OCH3 is 1. The van der Waals surface area contributed by atoms with Crippen LogP contribution in [0.2, 0.25) is 0 Å². The van der Waals surface area contributed by atoms with Crippen molar-refractivity contribution >= 4 is 5.65 Å². The molecule has 0 aliphatic carbocycles. The molecule has 0 radical (unpaired) electrons. The second kappa shape index (κ2) is 6.84. The lowest BCUT2D eigenvalue weighted by molar-refractivity contribution is 0.416. The molecular formula is C20H18N4O2. The zero-order valence-electron chi connectivity index (χ0n) is 14.6. The molecule has 2 aromatic heterocycles. The molecule has 4 aromatic rings. The largest absolute Gasteiger partial charge is 0.496 e. The van der Waals surface area contributed by atoms with Crippen molar-refractivity contribution in [2.75, 3.05) is 7.11 Å². The van der Waals surface area contributed by atoms with Gasteiger partial charge in [-0.25, -0.2) is 0 Å². The average molecular weight is 346 g/mol. The Kier molecular flexibility index (Phi) is 4.23. The summed E-state index contributed by atoms with van der Waals surface area (Å²) in [5.74, 6) is 2.52. The monoisotopic (exact) mass is 346 g/mol. The average Bonchev–Trinajstić information content (AvgIpc) is 3.11. The molecule has 6 heteroatoms. The Bertz CT molecular complexity index is 1040. The highest BCUT2D eigenvalue weighted by Gasteiger charge is 2.14. The van der Waals surface area contributed by atoms with Crippen LogP contribution in [0.4, 0.5) is 0 Å². The smallest absolute Gasteiger partial charge is 0.237 e. The molecule has 0 aliphatic heterocycles. The van der Waals surface area contributed by atoms with Gasteiger partial charge in [0.15, 0.2) is 11.5 Å². The van der Waals surface area contributed by atoms with Gasteiger partial charge in [-0.1, -0.05) is 31.2 Å². The number of aryl methyl sites for hydroxylation is 1. The zero-order chi connectivity index (χ0) is 17.9. The second-order valence-corrected chi connectivity index (χ2v) is 5.77. The van der Waals surface area contributed by atoms with Crippen LogP contribution in [0.5, 0.6) is 17.4 Å². The number of rotatable bonds is 5. The van der Waals surface area contributed by atoms with E-state index in [2.05, 4.69) is 22.2 Å². The van der Waals surface area contributed by atoms with Crippen LogP contribution in [0.1, 0.15) is 12.5 Å². The molecule has 130 valence electrons. The third-order valence-electron chi connectivity index (χ3n) is 4.14. The van der Waals surface area contributed by atoms with E-state index in [0.29, 0.717) is 23.1 Å². The fraction of sp³-hybridized carbons (Fsp3) is 0.150. The van der Waals surface area contributed by atoms with Crippen LogP contribution in [0.3, 0.4) is 0 Å². The fourth-order valence-electron chi connectivity index (χ4n) is 2.74. The minimum Gasteiger partial charge on any atom is -0.496 e. The van der Waals surface area contributed by atoms with E-state index in [9.17, 15) is 0 Å². The van der Waals surface area contributed by atoms with Crippen molar-refractivity contribution in [3.05, 3.63) is 66.2 Å². The minimum atomic E-state index is 0.470. The first-order valence-corrected chi connectivity index (χ1v) is 8.41. The van der Waals surface area contributed by atoms with Gasteiger partial charge in [0.05, 0.1) is 12.7 Å². The number of fused-ring (bicyclic) bond motifs is 1. The Hall–Kier alpha value is -3.41. The molecule has 0 spiro atoms. The normalized spacial score (nSPS) is 10.8. The number of nitrogens with zero attached hydrogens (tertiary/aromatic N) is 4. The van der Waals surface area contributed by atoms with Crippen molar-refractivity contribution in [2.45, 2.75) is 13.3 Å². The van der Waals surface area contributed by atoms with Crippen molar-refractivity contribution < 1.29 is 9.47 Å². The standard InChI is InChI=1S/C20H18N4O2/c1-3-14-8-10-15(11-9-14)26-19-13-12-18-21-22-20(24(18)23-19)16-6-4-5-7-17(16)25-2/h4-13H,3H2,1-2H3. The van der Waals surface area contributed by atoms with E-state index in [1.807, 2.05) is 54.6 Å². The van der Waals surface area contributed by atoms with E-state index in [1.54, 1.807) is 17.7 Å². The first kappa shape index (κ1) is 16.1. The summed E-state index contributed by atoms with van der Waals surface area (Å²) in [5.41, 5.74) is 2.72. The molecule has 2 aromatic carbocycles. The van der Waals surface area contributed by atoms with Crippen LogP contribution in [0, 0.1) is 0 Å². The van der Waals surface area contributed by atoms with Crippen LogP contribution >= 0.6 is 0 Å². The molecule has 0 bridgehead atoms. The quantitative estimate of drug-likeness (QED) is 0.543. The lowest BCUT2D eigenvalue weighted by Gasteiger charge is -2.08. The molecule has 0 saturated heterocycles. The van der Waals surface area contributed by atoms with Gasteiger partial charge in [0.25, 0.3) is 0 Å².